The van der Waals surface area contributed by atoms with E-state index in [-0.39, 0.29) is 0 Å². The van der Waals surface area contributed by atoms with Crippen LogP contribution in [0.25, 0.3) is 0 Å². The van der Waals surface area contributed by atoms with E-state index in [0.29, 0.717) is 0 Å². The molecular weight excluding hydrogens is 125 g/mol. The molecule has 4 heteroatoms. The Morgan fingerprint density at radius 2 is 0.889 bits per heavy atom. The molecule has 0 aromatic rings. The van der Waals surface area contributed by atoms with E-state index in [0.717, 1.165) is 0 Å². The van der Waals surface area contributed by atoms with E-state index in [1.165, 1.54) is 0 Å². The summed E-state index contributed by atoms with van der Waals surface area (Å²) >= 11 is 0. The highest BCUT2D eigenvalue weighted by Gasteiger charge is 2.26. The van der Waals surface area contributed by atoms with Gasteiger partial charge in [-0.3, -0.25) is 0 Å². The van der Waals surface area contributed by atoms with Gasteiger partial charge in [0.15, 0.2) is 0 Å². The summed E-state index contributed by atoms with van der Waals surface area (Å²) < 4.78 is 0. The topological polar surface area (TPSA) is 80.9 Å². The van der Waals surface area contributed by atoms with Gasteiger partial charge in [0.1, 0.15) is 0 Å². The normalized spacial score (nSPS) is 12.0. The van der Waals surface area contributed by atoms with Crippen LogP contribution in [-0.2, 0) is 0 Å². The van der Waals surface area contributed by atoms with E-state index in [1.54, 1.807) is 0 Å². The molecule has 0 saturated heterocycles. The molecule has 0 fully saturated rings. The van der Waals surface area contributed by atoms with Crippen molar-refractivity contribution in [2.75, 3.05) is 26.4 Å². The molecule has 0 spiro atoms. The Hall–Kier alpha value is -0.160. The number of rotatable bonds is 4. The first kappa shape index (κ1) is 8.84. The largest absolute Gasteiger partial charge is 0.396 e. The van der Waals surface area contributed by atoms with E-state index in [9.17, 15) is 0 Å². The minimum atomic E-state index is -1.11. The van der Waals surface area contributed by atoms with Crippen LogP contribution in [0.3, 0.4) is 0 Å². The third kappa shape index (κ3) is 1.91. The molecule has 0 aliphatic rings. The Labute approximate surface area is 53.4 Å². The fourth-order valence-electron chi connectivity index (χ4n) is 0.300. The number of hydrogen-bond donors (Lipinski definition) is 4. The lowest BCUT2D eigenvalue weighted by Crippen LogP contribution is -2.37. The summed E-state index contributed by atoms with van der Waals surface area (Å²) in [5, 5.41) is 34.0. The number of aliphatic hydroxyl groups is 4. The van der Waals surface area contributed by atoms with Crippen LogP contribution in [0.15, 0.2) is 0 Å². The van der Waals surface area contributed by atoms with Gasteiger partial charge in [0.05, 0.1) is 31.8 Å². The van der Waals surface area contributed by atoms with Crippen LogP contribution >= 0.6 is 0 Å². The third-order valence-electron chi connectivity index (χ3n) is 1.34. The summed E-state index contributed by atoms with van der Waals surface area (Å²) in [5.41, 5.74) is -1.11. The summed E-state index contributed by atoms with van der Waals surface area (Å²) in [7, 11) is 0. The van der Waals surface area contributed by atoms with Gasteiger partial charge in [-0.25, -0.2) is 0 Å². The summed E-state index contributed by atoms with van der Waals surface area (Å²) in [6.07, 6.45) is 0. The van der Waals surface area contributed by atoms with Crippen molar-refractivity contribution < 1.29 is 20.4 Å². The minimum absolute atomic E-state index is 0.406. The molecule has 0 rings (SSSR count). The molecule has 4 N–H and O–H groups in total. The second-order valence-corrected chi connectivity index (χ2v) is 2.13. The summed E-state index contributed by atoms with van der Waals surface area (Å²) in [5.74, 6) is 0. The molecule has 0 heterocycles. The SMILES string of the molecule is OCC(CO)(CO)[13CH2]O. The van der Waals surface area contributed by atoms with Gasteiger partial charge in [0.2, 0.25) is 0 Å². The molecule has 0 unspecified atom stereocenters. The lowest BCUT2D eigenvalue weighted by atomic mass is 10.0. The number of aliphatic hydroxyl groups excluding tert-OH is 4. The van der Waals surface area contributed by atoms with E-state index >= 15 is 0 Å². The molecule has 0 aliphatic heterocycles. The Balaban J connectivity index is 3.82. The van der Waals surface area contributed by atoms with E-state index in [1.807, 2.05) is 0 Å². The molecule has 0 aromatic carbocycles. The maximum atomic E-state index is 8.50. The van der Waals surface area contributed by atoms with E-state index < -0.39 is 31.8 Å². The molecular formula is C5H12O4. The summed E-state index contributed by atoms with van der Waals surface area (Å²) in [4.78, 5) is 0. The van der Waals surface area contributed by atoms with Crippen LogP contribution in [0.4, 0.5) is 0 Å². The monoisotopic (exact) mass is 137 g/mol. The van der Waals surface area contributed by atoms with Crippen molar-refractivity contribution in [1.29, 1.82) is 0 Å². The molecule has 0 aliphatic carbocycles. The van der Waals surface area contributed by atoms with Crippen LogP contribution in [0.1, 0.15) is 0 Å². The average Bonchev–Trinajstić information content (AvgIpc) is 1.95. The van der Waals surface area contributed by atoms with Gasteiger partial charge in [-0.05, 0) is 0 Å². The Morgan fingerprint density at radius 3 is 0.889 bits per heavy atom. The fraction of sp³-hybridized carbons (Fsp3) is 1.00. The first-order chi connectivity index (χ1) is 4.24. The van der Waals surface area contributed by atoms with Crippen LogP contribution in [-0.4, -0.2) is 46.9 Å². The Bertz CT molecular complexity index is 51.8. The van der Waals surface area contributed by atoms with Gasteiger partial charge in [0.25, 0.3) is 0 Å². The smallest absolute Gasteiger partial charge is 0.0627 e. The van der Waals surface area contributed by atoms with Crippen molar-refractivity contribution >= 4 is 0 Å². The van der Waals surface area contributed by atoms with Gasteiger partial charge in [-0.2, -0.15) is 0 Å². The molecule has 0 radical (unpaired) electrons. The van der Waals surface area contributed by atoms with Gasteiger partial charge in [0, 0.05) is 0 Å². The number of hydrogen-bond acceptors (Lipinski definition) is 4. The van der Waals surface area contributed by atoms with Crippen LogP contribution < -0.4 is 0 Å². The zero-order chi connectivity index (χ0) is 7.33. The molecule has 56 valence electrons. The van der Waals surface area contributed by atoms with E-state index in [4.69, 9.17) is 20.4 Å². The highest BCUT2D eigenvalue weighted by atomic mass is 16.3. The van der Waals surface area contributed by atoms with Gasteiger partial charge < -0.3 is 20.4 Å². The maximum Gasteiger partial charge on any atom is 0.0627 e. The fourth-order valence-corrected chi connectivity index (χ4v) is 0.300. The minimum Gasteiger partial charge on any atom is -0.396 e. The van der Waals surface area contributed by atoms with Crippen molar-refractivity contribution in [3.8, 4) is 0 Å². The Kier molecular flexibility index (Phi) is 3.72. The molecule has 9 heavy (non-hydrogen) atoms. The summed E-state index contributed by atoms with van der Waals surface area (Å²) in [6, 6.07) is 0. The van der Waals surface area contributed by atoms with Gasteiger partial charge in [-0.1, -0.05) is 0 Å². The van der Waals surface area contributed by atoms with Crippen molar-refractivity contribution in [1.82, 2.24) is 0 Å². The molecule has 0 amide bonds. The van der Waals surface area contributed by atoms with Crippen LogP contribution in [0.2, 0.25) is 0 Å². The first-order valence-electron chi connectivity index (χ1n) is 2.68. The second kappa shape index (κ2) is 3.79. The van der Waals surface area contributed by atoms with Gasteiger partial charge >= 0.3 is 0 Å². The van der Waals surface area contributed by atoms with Crippen molar-refractivity contribution in [3.05, 3.63) is 0 Å². The molecule has 0 saturated carbocycles. The summed E-state index contributed by atoms with van der Waals surface area (Å²) in [6.45, 7) is -1.62. The predicted octanol–water partition coefficient (Wildman–Crippen LogP) is -2.06. The second-order valence-electron chi connectivity index (χ2n) is 2.13. The standard InChI is InChI=1S/C5H12O4/c6-1-5(2-7,3-8)4-9/h6-9H,1-4H2/i1+1. The predicted molar refractivity (Wildman–Crippen MR) is 30.8 cm³/mol. The van der Waals surface area contributed by atoms with Gasteiger partial charge in [-0.15, -0.1) is 0 Å². The molecule has 0 bridgehead atoms. The molecule has 0 atom stereocenters. The average molecular weight is 137 g/mol. The lowest BCUT2D eigenvalue weighted by Gasteiger charge is -2.23. The molecule has 4 nitrogen and oxygen atoms in total. The lowest BCUT2D eigenvalue weighted by molar-refractivity contribution is -0.0328. The highest BCUT2D eigenvalue weighted by Crippen LogP contribution is 2.11. The Morgan fingerprint density at radius 1 is 0.667 bits per heavy atom. The van der Waals surface area contributed by atoms with Crippen molar-refractivity contribution in [2.45, 2.75) is 0 Å². The van der Waals surface area contributed by atoms with Crippen LogP contribution in [0, 0.1) is 5.41 Å². The molecule has 0 aromatic heterocycles. The zero-order valence-electron chi connectivity index (χ0n) is 5.12. The quantitative estimate of drug-likeness (QED) is 0.336. The zero-order valence-corrected chi connectivity index (χ0v) is 5.12. The maximum absolute atomic E-state index is 8.50. The van der Waals surface area contributed by atoms with E-state index in [2.05, 4.69) is 0 Å². The third-order valence-corrected chi connectivity index (χ3v) is 1.34. The van der Waals surface area contributed by atoms with Crippen molar-refractivity contribution in [3.63, 3.8) is 0 Å². The van der Waals surface area contributed by atoms with Crippen molar-refractivity contribution in [2.24, 2.45) is 5.41 Å². The van der Waals surface area contributed by atoms with Crippen LogP contribution in [0.5, 0.6) is 0 Å². The highest BCUT2D eigenvalue weighted by molar-refractivity contribution is 4.74. The first-order valence-corrected chi connectivity index (χ1v) is 2.68.